The molecule has 0 saturated heterocycles. The first-order chi connectivity index (χ1) is 8.26. The molecule has 0 fully saturated rings. The topological polar surface area (TPSA) is 71.4 Å². The van der Waals surface area contributed by atoms with E-state index in [-0.39, 0.29) is 6.61 Å². The second-order valence-corrected chi connectivity index (χ2v) is 3.80. The molecule has 1 aromatic heterocycles. The van der Waals surface area contributed by atoms with Gasteiger partial charge in [0.05, 0.1) is 6.26 Å². The summed E-state index contributed by atoms with van der Waals surface area (Å²) in [4.78, 5) is 0. The Hall–Kier alpha value is -1.94. The number of hydrogen-bond donors (Lipinski definition) is 3. The van der Waals surface area contributed by atoms with Gasteiger partial charge in [-0.1, -0.05) is 0 Å². The Morgan fingerprint density at radius 3 is 2.82 bits per heavy atom. The van der Waals surface area contributed by atoms with Crippen LogP contribution in [0.15, 0.2) is 34.9 Å². The molecule has 0 spiro atoms. The second kappa shape index (κ2) is 4.93. The van der Waals surface area contributed by atoms with Crippen LogP contribution in [0.5, 0.6) is 0 Å². The highest BCUT2D eigenvalue weighted by atomic mass is 16.3. The van der Waals surface area contributed by atoms with E-state index in [1.165, 1.54) is 0 Å². The third-order valence-corrected chi connectivity index (χ3v) is 2.69. The van der Waals surface area contributed by atoms with Gasteiger partial charge in [0.1, 0.15) is 5.76 Å². The minimum absolute atomic E-state index is 0.0896. The van der Waals surface area contributed by atoms with E-state index in [2.05, 4.69) is 5.32 Å². The molecule has 4 N–H and O–H groups in total. The highest BCUT2D eigenvalue weighted by Crippen LogP contribution is 2.32. The van der Waals surface area contributed by atoms with Crippen LogP contribution in [0.1, 0.15) is 5.56 Å². The Balaban J connectivity index is 2.59. The van der Waals surface area contributed by atoms with Crippen molar-refractivity contribution < 1.29 is 9.52 Å². The van der Waals surface area contributed by atoms with E-state index in [1.807, 2.05) is 31.3 Å². The van der Waals surface area contributed by atoms with Crippen LogP contribution in [-0.4, -0.2) is 18.8 Å². The molecule has 0 unspecified atom stereocenters. The number of aliphatic hydroxyl groups is 1. The molecular formula is C13H16N2O2. The van der Waals surface area contributed by atoms with Gasteiger partial charge in [-0.3, -0.25) is 0 Å². The molecular weight excluding hydrogens is 216 g/mol. The molecule has 4 heteroatoms. The summed E-state index contributed by atoms with van der Waals surface area (Å²) in [5.74, 6) is 0.761. The zero-order valence-corrected chi connectivity index (χ0v) is 9.73. The van der Waals surface area contributed by atoms with Crippen molar-refractivity contribution in [1.29, 1.82) is 0 Å². The predicted octanol–water partition coefficient (Wildman–Crippen LogP) is 2.11. The number of anilines is 2. The standard InChI is InChI=1S/C13H16N2O2/c1-15-12-8-9(14)7-11(10(12)4-5-16)13-3-2-6-17-13/h2-3,6-8,15-16H,4-5,14H2,1H3. The number of nitrogens with one attached hydrogen (secondary N) is 1. The molecule has 0 aliphatic rings. The summed E-state index contributed by atoms with van der Waals surface area (Å²) in [6, 6.07) is 7.44. The van der Waals surface area contributed by atoms with Gasteiger partial charge in [-0.05, 0) is 36.2 Å². The van der Waals surface area contributed by atoms with Gasteiger partial charge in [0.25, 0.3) is 0 Å². The number of aliphatic hydroxyl groups excluding tert-OH is 1. The first kappa shape index (κ1) is 11.5. The second-order valence-electron chi connectivity index (χ2n) is 3.80. The van der Waals surface area contributed by atoms with Gasteiger partial charge in [-0.15, -0.1) is 0 Å². The monoisotopic (exact) mass is 232 g/mol. The number of nitrogens with two attached hydrogens (primary N) is 1. The van der Waals surface area contributed by atoms with E-state index in [4.69, 9.17) is 15.3 Å². The molecule has 2 rings (SSSR count). The predicted molar refractivity (Wildman–Crippen MR) is 68.9 cm³/mol. The molecule has 0 aliphatic carbocycles. The molecule has 0 amide bonds. The zero-order chi connectivity index (χ0) is 12.3. The first-order valence-corrected chi connectivity index (χ1v) is 5.51. The van der Waals surface area contributed by atoms with Gasteiger partial charge in [0.15, 0.2) is 0 Å². The van der Waals surface area contributed by atoms with Crippen molar-refractivity contribution in [2.45, 2.75) is 6.42 Å². The lowest BCUT2D eigenvalue weighted by Gasteiger charge is -2.13. The van der Waals surface area contributed by atoms with Gasteiger partial charge in [-0.2, -0.15) is 0 Å². The highest BCUT2D eigenvalue weighted by Gasteiger charge is 2.12. The molecule has 0 bridgehead atoms. The van der Waals surface area contributed by atoms with Crippen molar-refractivity contribution in [2.24, 2.45) is 0 Å². The van der Waals surface area contributed by atoms with Crippen LogP contribution in [0.4, 0.5) is 11.4 Å². The highest BCUT2D eigenvalue weighted by molar-refractivity contribution is 5.76. The van der Waals surface area contributed by atoms with Crippen LogP contribution in [0.2, 0.25) is 0 Å². The Morgan fingerprint density at radius 1 is 1.41 bits per heavy atom. The quantitative estimate of drug-likeness (QED) is 0.706. The van der Waals surface area contributed by atoms with Gasteiger partial charge in [-0.25, -0.2) is 0 Å². The molecule has 1 heterocycles. The Kier molecular flexibility index (Phi) is 3.35. The zero-order valence-electron chi connectivity index (χ0n) is 9.73. The summed E-state index contributed by atoms with van der Waals surface area (Å²) in [6.45, 7) is 0.0896. The van der Waals surface area contributed by atoms with E-state index in [0.717, 1.165) is 22.6 Å². The summed E-state index contributed by atoms with van der Waals surface area (Å²) < 4.78 is 5.40. The lowest BCUT2D eigenvalue weighted by molar-refractivity contribution is 0.300. The molecule has 2 aromatic rings. The van der Waals surface area contributed by atoms with Crippen molar-refractivity contribution in [2.75, 3.05) is 24.7 Å². The van der Waals surface area contributed by atoms with Crippen LogP contribution < -0.4 is 11.1 Å². The van der Waals surface area contributed by atoms with Crippen molar-refractivity contribution in [3.8, 4) is 11.3 Å². The number of benzene rings is 1. The maximum Gasteiger partial charge on any atom is 0.134 e. The Labute approximate surface area is 100 Å². The van der Waals surface area contributed by atoms with E-state index in [0.29, 0.717) is 12.1 Å². The van der Waals surface area contributed by atoms with Crippen LogP contribution in [0, 0.1) is 0 Å². The minimum atomic E-state index is 0.0896. The summed E-state index contributed by atoms with van der Waals surface area (Å²) in [6.07, 6.45) is 2.19. The number of nitrogen functional groups attached to an aromatic ring is 1. The summed E-state index contributed by atoms with van der Waals surface area (Å²) in [7, 11) is 1.83. The van der Waals surface area contributed by atoms with Crippen LogP contribution >= 0.6 is 0 Å². The number of furan rings is 1. The SMILES string of the molecule is CNc1cc(N)cc(-c2ccco2)c1CCO. The average Bonchev–Trinajstić information content (AvgIpc) is 2.84. The van der Waals surface area contributed by atoms with Crippen molar-refractivity contribution in [3.05, 3.63) is 36.1 Å². The lowest BCUT2D eigenvalue weighted by atomic mass is 9.99. The minimum Gasteiger partial charge on any atom is -0.464 e. The molecule has 0 saturated carbocycles. The average molecular weight is 232 g/mol. The van der Waals surface area contributed by atoms with E-state index in [9.17, 15) is 0 Å². The summed E-state index contributed by atoms with van der Waals surface area (Å²) in [5, 5.41) is 12.2. The van der Waals surface area contributed by atoms with Crippen LogP contribution in [-0.2, 0) is 6.42 Å². The first-order valence-electron chi connectivity index (χ1n) is 5.51. The summed E-state index contributed by atoms with van der Waals surface area (Å²) in [5.41, 5.74) is 9.39. The van der Waals surface area contributed by atoms with Crippen LogP contribution in [0.25, 0.3) is 11.3 Å². The molecule has 0 atom stereocenters. The van der Waals surface area contributed by atoms with E-state index in [1.54, 1.807) is 6.26 Å². The van der Waals surface area contributed by atoms with Crippen molar-refractivity contribution >= 4 is 11.4 Å². The molecule has 17 heavy (non-hydrogen) atoms. The summed E-state index contributed by atoms with van der Waals surface area (Å²) >= 11 is 0. The normalized spacial score (nSPS) is 10.5. The Bertz CT molecular complexity index is 492. The third-order valence-electron chi connectivity index (χ3n) is 2.69. The van der Waals surface area contributed by atoms with Gasteiger partial charge >= 0.3 is 0 Å². The van der Waals surface area contributed by atoms with Gasteiger partial charge in [0, 0.05) is 30.6 Å². The van der Waals surface area contributed by atoms with E-state index < -0.39 is 0 Å². The molecule has 4 nitrogen and oxygen atoms in total. The van der Waals surface area contributed by atoms with E-state index >= 15 is 0 Å². The third kappa shape index (κ3) is 2.26. The van der Waals surface area contributed by atoms with Crippen LogP contribution in [0.3, 0.4) is 0 Å². The smallest absolute Gasteiger partial charge is 0.134 e. The largest absolute Gasteiger partial charge is 0.464 e. The lowest BCUT2D eigenvalue weighted by Crippen LogP contribution is -2.02. The van der Waals surface area contributed by atoms with Gasteiger partial charge in [0.2, 0.25) is 0 Å². The Morgan fingerprint density at radius 2 is 2.24 bits per heavy atom. The van der Waals surface area contributed by atoms with Gasteiger partial charge < -0.3 is 20.6 Å². The molecule has 0 radical (unpaired) electrons. The fraction of sp³-hybridized carbons (Fsp3) is 0.231. The number of hydrogen-bond acceptors (Lipinski definition) is 4. The molecule has 90 valence electrons. The van der Waals surface area contributed by atoms with Crippen molar-refractivity contribution in [3.63, 3.8) is 0 Å². The maximum atomic E-state index is 9.14. The molecule has 0 aliphatic heterocycles. The molecule has 1 aromatic carbocycles. The number of rotatable bonds is 4. The van der Waals surface area contributed by atoms with Crippen molar-refractivity contribution in [1.82, 2.24) is 0 Å². The fourth-order valence-electron chi connectivity index (χ4n) is 1.95. The fourth-order valence-corrected chi connectivity index (χ4v) is 1.95. The maximum absolute atomic E-state index is 9.14.